The normalized spacial score (nSPS) is 24.5. The van der Waals surface area contributed by atoms with Gasteiger partial charge in [-0.3, -0.25) is 14.4 Å². The minimum Gasteiger partial charge on any atom is -0.480 e. The number of carboxylic acid groups (broad SMARTS) is 1. The standard InChI is InChI=1S/C21H29N3O4/c1-22-10-12-23(9-5-8-19(25)24(13-11-22)15-20(26)27)21(28)18-14-17(18)16-6-3-2-4-7-16/h2-4,6-7,17-18H,5,8-15H2,1H3,(H,26,27). The minimum absolute atomic E-state index is 0.0389. The summed E-state index contributed by atoms with van der Waals surface area (Å²) in [5.41, 5.74) is 1.22. The molecule has 1 saturated carbocycles. The van der Waals surface area contributed by atoms with Crippen molar-refractivity contribution in [2.24, 2.45) is 5.92 Å². The van der Waals surface area contributed by atoms with E-state index in [1.165, 1.54) is 10.5 Å². The van der Waals surface area contributed by atoms with Crippen LogP contribution in [0.5, 0.6) is 0 Å². The van der Waals surface area contributed by atoms with E-state index in [1.54, 1.807) is 0 Å². The highest BCUT2D eigenvalue weighted by Crippen LogP contribution is 2.48. The van der Waals surface area contributed by atoms with Crippen molar-refractivity contribution in [3.8, 4) is 0 Å². The molecule has 152 valence electrons. The Bertz CT molecular complexity index is 709. The molecule has 2 aliphatic rings. The zero-order chi connectivity index (χ0) is 20.1. The molecule has 1 aliphatic heterocycles. The van der Waals surface area contributed by atoms with Gasteiger partial charge in [-0.2, -0.15) is 0 Å². The van der Waals surface area contributed by atoms with Crippen LogP contribution in [0.15, 0.2) is 30.3 Å². The summed E-state index contributed by atoms with van der Waals surface area (Å²) < 4.78 is 0. The molecule has 2 unspecified atom stereocenters. The van der Waals surface area contributed by atoms with E-state index in [0.717, 1.165) is 6.42 Å². The van der Waals surface area contributed by atoms with E-state index in [2.05, 4.69) is 17.0 Å². The lowest BCUT2D eigenvalue weighted by molar-refractivity contribution is -0.144. The van der Waals surface area contributed by atoms with Gasteiger partial charge in [-0.15, -0.1) is 0 Å². The summed E-state index contributed by atoms with van der Waals surface area (Å²) in [6.07, 6.45) is 1.72. The third kappa shape index (κ3) is 5.32. The zero-order valence-corrected chi connectivity index (χ0v) is 16.4. The van der Waals surface area contributed by atoms with Crippen LogP contribution in [-0.2, 0) is 14.4 Å². The van der Waals surface area contributed by atoms with Crippen LogP contribution in [-0.4, -0.2) is 83.9 Å². The van der Waals surface area contributed by atoms with Crippen LogP contribution in [0.1, 0.15) is 30.7 Å². The maximum absolute atomic E-state index is 13.0. The molecular formula is C21H29N3O4. The molecule has 3 rings (SSSR count). The molecule has 7 heteroatoms. The number of nitrogens with zero attached hydrogens (tertiary/aromatic N) is 3. The quantitative estimate of drug-likeness (QED) is 0.841. The van der Waals surface area contributed by atoms with Crippen molar-refractivity contribution in [2.45, 2.75) is 25.2 Å². The van der Waals surface area contributed by atoms with Crippen molar-refractivity contribution in [3.63, 3.8) is 0 Å². The first kappa shape index (κ1) is 20.3. The lowest BCUT2D eigenvalue weighted by Gasteiger charge is -2.26. The predicted molar refractivity (Wildman–Crippen MR) is 105 cm³/mol. The molecule has 0 bridgehead atoms. The fraction of sp³-hybridized carbons (Fsp3) is 0.571. The van der Waals surface area contributed by atoms with E-state index < -0.39 is 5.97 Å². The Morgan fingerprint density at radius 1 is 1.07 bits per heavy atom. The molecule has 1 heterocycles. The largest absolute Gasteiger partial charge is 0.480 e. The molecule has 1 aliphatic carbocycles. The molecule has 2 atom stereocenters. The van der Waals surface area contributed by atoms with E-state index in [4.69, 9.17) is 5.11 Å². The highest BCUT2D eigenvalue weighted by molar-refractivity contribution is 5.83. The van der Waals surface area contributed by atoms with Crippen molar-refractivity contribution < 1.29 is 19.5 Å². The first-order valence-electron chi connectivity index (χ1n) is 9.97. The number of benzene rings is 1. The highest BCUT2D eigenvalue weighted by Gasteiger charge is 2.45. The summed E-state index contributed by atoms with van der Waals surface area (Å²) >= 11 is 0. The molecule has 0 spiro atoms. The average Bonchev–Trinajstić information content (AvgIpc) is 3.47. The van der Waals surface area contributed by atoms with Gasteiger partial charge < -0.3 is 19.8 Å². The number of carboxylic acids is 1. The fourth-order valence-corrected chi connectivity index (χ4v) is 3.83. The van der Waals surface area contributed by atoms with Crippen molar-refractivity contribution in [1.82, 2.24) is 14.7 Å². The van der Waals surface area contributed by atoms with Gasteiger partial charge in [0.2, 0.25) is 11.8 Å². The molecule has 1 aromatic carbocycles. The number of carbonyl (C=O) groups excluding carboxylic acids is 2. The van der Waals surface area contributed by atoms with Crippen LogP contribution in [0.25, 0.3) is 0 Å². The third-order valence-electron chi connectivity index (χ3n) is 5.65. The van der Waals surface area contributed by atoms with E-state index in [1.807, 2.05) is 30.1 Å². The van der Waals surface area contributed by atoms with Crippen molar-refractivity contribution >= 4 is 17.8 Å². The number of hydrogen-bond acceptors (Lipinski definition) is 4. The van der Waals surface area contributed by atoms with Gasteiger partial charge >= 0.3 is 5.97 Å². The van der Waals surface area contributed by atoms with Gasteiger partial charge in [0.15, 0.2) is 0 Å². The van der Waals surface area contributed by atoms with Crippen LogP contribution in [0.4, 0.5) is 0 Å². The van der Waals surface area contributed by atoms with E-state index >= 15 is 0 Å². The second kappa shape index (κ2) is 9.19. The number of hydrogen-bond donors (Lipinski definition) is 1. The second-order valence-electron chi connectivity index (χ2n) is 7.80. The maximum atomic E-state index is 13.0. The van der Waals surface area contributed by atoms with Crippen LogP contribution in [0, 0.1) is 5.92 Å². The molecule has 2 amide bonds. The molecule has 1 aromatic rings. The van der Waals surface area contributed by atoms with Crippen molar-refractivity contribution in [2.75, 3.05) is 46.3 Å². The van der Waals surface area contributed by atoms with Crippen LogP contribution < -0.4 is 0 Å². The van der Waals surface area contributed by atoms with Gasteiger partial charge in [0.1, 0.15) is 6.54 Å². The first-order chi connectivity index (χ1) is 13.5. The number of aliphatic carboxylic acids is 1. The molecule has 7 nitrogen and oxygen atoms in total. The second-order valence-corrected chi connectivity index (χ2v) is 7.80. The summed E-state index contributed by atoms with van der Waals surface area (Å²) in [5, 5.41) is 9.03. The summed E-state index contributed by atoms with van der Waals surface area (Å²) in [7, 11) is 1.94. The smallest absolute Gasteiger partial charge is 0.323 e. The first-order valence-corrected chi connectivity index (χ1v) is 9.97. The van der Waals surface area contributed by atoms with Crippen molar-refractivity contribution in [1.29, 1.82) is 0 Å². The van der Waals surface area contributed by atoms with Crippen LogP contribution >= 0.6 is 0 Å². The summed E-state index contributed by atoms with van der Waals surface area (Å²) in [6.45, 7) is 2.61. The summed E-state index contributed by atoms with van der Waals surface area (Å²) in [5.74, 6) is -0.632. The molecule has 0 aromatic heterocycles. The number of amides is 2. The Morgan fingerprint density at radius 2 is 1.79 bits per heavy atom. The molecular weight excluding hydrogens is 358 g/mol. The monoisotopic (exact) mass is 387 g/mol. The number of rotatable bonds is 4. The molecule has 0 radical (unpaired) electrons. The Morgan fingerprint density at radius 3 is 2.50 bits per heavy atom. The van der Waals surface area contributed by atoms with E-state index in [9.17, 15) is 14.4 Å². The van der Waals surface area contributed by atoms with Gasteiger partial charge in [0.05, 0.1) is 0 Å². The zero-order valence-electron chi connectivity index (χ0n) is 16.4. The molecule has 1 N–H and O–H groups in total. The molecule has 28 heavy (non-hydrogen) atoms. The number of likely N-dealkylation sites (N-methyl/N-ethyl adjacent to an activating group) is 1. The minimum atomic E-state index is -0.997. The topological polar surface area (TPSA) is 81.2 Å². The Labute approximate surface area is 165 Å². The third-order valence-corrected chi connectivity index (χ3v) is 5.65. The summed E-state index contributed by atoms with van der Waals surface area (Å²) in [6, 6.07) is 10.2. The van der Waals surface area contributed by atoms with Gasteiger partial charge in [-0.05, 0) is 31.4 Å². The maximum Gasteiger partial charge on any atom is 0.323 e. The van der Waals surface area contributed by atoms with E-state index in [0.29, 0.717) is 45.1 Å². The predicted octanol–water partition coefficient (Wildman–Crippen LogP) is 1.26. The lowest BCUT2D eigenvalue weighted by Crippen LogP contribution is -2.41. The Hall–Kier alpha value is -2.41. The van der Waals surface area contributed by atoms with Crippen molar-refractivity contribution in [3.05, 3.63) is 35.9 Å². The molecule has 1 saturated heterocycles. The lowest BCUT2D eigenvalue weighted by atomic mass is 10.1. The Balaban J connectivity index is 1.61. The van der Waals surface area contributed by atoms with Gasteiger partial charge in [-0.1, -0.05) is 30.3 Å². The van der Waals surface area contributed by atoms with Gasteiger partial charge in [-0.25, -0.2) is 0 Å². The fourth-order valence-electron chi connectivity index (χ4n) is 3.83. The van der Waals surface area contributed by atoms with Crippen LogP contribution in [0.2, 0.25) is 0 Å². The highest BCUT2D eigenvalue weighted by atomic mass is 16.4. The van der Waals surface area contributed by atoms with E-state index in [-0.39, 0.29) is 30.7 Å². The Kier molecular flexibility index (Phi) is 6.67. The van der Waals surface area contributed by atoms with Gasteiger partial charge in [0, 0.05) is 45.1 Å². The van der Waals surface area contributed by atoms with Gasteiger partial charge in [0.25, 0.3) is 0 Å². The average molecular weight is 387 g/mol. The molecule has 2 fully saturated rings. The summed E-state index contributed by atoms with van der Waals surface area (Å²) in [4.78, 5) is 41.8. The van der Waals surface area contributed by atoms with Crippen LogP contribution in [0.3, 0.4) is 0 Å². The number of carbonyl (C=O) groups is 3. The SMILES string of the molecule is CN1CCN(CC(=O)O)C(=O)CCCN(C(=O)C2CC2c2ccccc2)CC1.